The Balaban J connectivity index is 1.08. The van der Waals surface area contributed by atoms with Crippen molar-refractivity contribution < 1.29 is 23.5 Å². The van der Waals surface area contributed by atoms with E-state index in [2.05, 4.69) is 20.1 Å². The Morgan fingerprint density at radius 1 is 0.864 bits per heavy atom. The molecule has 2 aromatic carbocycles. The fraction of sp³-hybridized carbons (Fsp3) is 0.375. The first-order valence-electron chi connectivity index (χ1n) is 15.0. The molecule has 4 amide bonds. The van der Waals surface area contributed by atoms with Gasteiger partial charge >= 0.3 is 6.03 Å². The predicted molar refractivity (Wildman–Crippen MR) is 163 cm³/mol. The fourth-order valence-electron chi connectivity index (χ4n) is 5.47. The van der Waals surface area contributed by atoms with Gasteiger partial charge < -0.3 is 20.3 Å². The Hall–Kier alpha value is -4.55. The second-order valence-electron chi connectivity index (χ2n) is 11.5. The summed E-state index contributed by atoms with van der Waals surface area (Å²) >= 11 is 0. The minimum atomic E-state index is -1.26. The molecule has 2 saturated heterocycles. The Bertz CT molecular complexity index is 1500. The topological polar surface area (TPSA) is 124 Å². The molecule has 12 heteroatoms. The maximum absolute atomic E-state index is 13.6. The number of ether oxygens (including phenoxy) is 1. The van der Waals surface area contributed by atoms with Crippen LogP contribution in [0.15, 0.2) is 66.9 Å². The van der Waals surface area contributed by atoms with E-state index in [4.69, 9.17) is 10.5 Å². The number of rotatable bonds is 10. The molecule has 2 aliphatic heterocycles. The van der Waals surface area contributed by atoms with E-state index in [1.807, 2.05) is 0 Å². The van der Waals surface area contributed by atoms with Gasteiger partial charge in [-0.05, 0) is 86.9 Å². The van der Waals surface area contributed by atoms with Crippen LogP contribution in [-0.4, -0.2) is 89.9 Å². The number of pyridine rings is 1. The summed E-state index contributed by atoms with van der Waals surface area (Å²) in [5, 5.41) is 2.87. The van der Waals surface area contributed by atoms with Crippen molar-refractivity contribution in [1.29, 1.82) is 0 Å². The van der Waals surface area contributed by atoms with Crippen LogP contribution in [0.3, 0.4) is 0 Å². The van der Waals surface area contributed by atoms with E-state index in [9.17, 15) is 18.8 Å². The summed E-state index contributed by atoms with van der Waals surface area (Å²) in [5.41, 5.74) is 5.21. The number of nitrogens with zero attached hydrogens (tertiary/aromatic N) is 5. The molecule has 1 saturated carbocycles. The Labute approximate surface area is 255 Å². The van der Waals surface area contributed by atoms with Gasteiger partial charge in [-0.2, -0.15) is 0 Å². The molecule has 1 aliphatic carbocycles. The molecule has 11 nitrogen and oxygen atoms in total. The van der Waals surface area contributed by atoms with Crippen molar-refractivity contribution in [1.82, 2.24) is 19.7 Å². The highest BCUT2D eigenvalue weighted by Crippen LogP contribution is 2.49. The lowest BCUT2D eigenvalue weighted by Gasteiger charge is -2.37. The van der Waals surface area contributed by atoms with Crippen molar-refractivity contribution in [3.05, 3.63) is 72.7 Å². The van der Waals surface area contributed by atoms with Crippen molar-refractivity contribution in [2.24, 2.45) is 11.1 Å². The third kappa shape index (κ3) is 6.51. The zero-order chi connectivity index (χ0) is 30.7. The lowest BCUT2D eigenvalue weighted by Crippen LogP contribution is -2.52. The maximum atomic E-state index is 13.6. The number of urea groups is 1. The molecule has 230 valence electrons. The number of hydrogen-bond acceptors (Lipinski definition) is 7. The first kappa shape index (κ1) is 29.5. The lowest BCUT2D eigenvalue weighted by molar-refractivity contribution is -0.133. The predicted octanol–water partition coefficient (Wildman–Crippen LogP) is 3.80. The molecule has 3 aliphatic rings. The minimum absolute atomic E-state index is 0.198. The molecular formula is C32H36FN7O4. The molecule has 3 N–H and O–H groups in total. The number of hydrogen-bond donors (Lipinski definition) is 2. The highest BCUT2D eigenvalue weighted by molar-refractivity contribution is 6.16. The summed E-state index contributed by atoms with van der Waals surface area (Å²) < 4.78 is 19.6. The average Bonchev–Trinajstić information content (AvgIpc) is 3.82. The van der Waals surface area contributed by atoms with E-state index in [1.165, 1.54) is 48.7 Å². The monoisotopic (exact) mass is 601 g/mol. The molecule has 0 unspecified atom stereocenters. The standard InChI is InChI=1S/C32H36FN7O4/c33-23-2-4-24(5-3-23)40(30(42)32(11-12-32)29(34)41)25-6-8-26(9-7-25)44-27-10-13-35-28(22-27)36-31(43)39-20-18-38(19-21-39)17-16-37-14-1-15-37/h2-10,13,22H,1,11-12,14-21H2,(H2,34,41)(H,35,36,43). The first-order valence-corrected chi connectivity index (χ1v) is 15.0. The smallest absolute Gasteiger partial charge is 0.323 e. The SMILES string of the molecule is NC(=O)C1(C(=O)N(c2ccc(F)cc2)c2ccc(Oc3ccnc(NC(=O)N4CCN(CCN5CCC5)CC4)c3)cc2)CC1. The van der Waals surface area contributed by atoms with Crippen LogP contribution in [0.25, 0.3) is 0 Å². The third-order valence-electron chi connectivity index (χ3n) is 8.56. The zero-order valence-corrected chi connectivity index (χ0v) is 24.5. The van der Waals surface area contributed by atoms with Gasteiger partial charge in [0.1, 0.15) is 28.5 Å². The summed E-state index contributed by atoms with van der Waals surface area (Å²) in [6.45, 7) is 7.53. The fourth-order valence-corrected chi connectivity index (χ4v) is 5.47. The van der Waals surface area contributed by atoms with Gasteiger partial charge in [-0.1, -0.05) is 0 Å². The molecule has 6 rings (SSSR count). The van der Waals surface area contributed by atoms with Crippen molar-refractivity contribution in [2.45, 2.75) is 19.3 Å². The van der Waals surface area contributed by atoms with E-state index in [0.717, 1.165) is 26.2 Å². The number of carbonyl (C=O) groups is 3. The normalized spacial score (nSPS) is 17.8. The highest BCUT2D eigenvalue weighted by Gasteiger charge is 2.57. The van der Waals surface area contributed by atoms with Crippen molar-refractivity contribution in [3.8, 4) is 11.5 Å². The van der Waals surface area contributed by atoms with E-state index < -0.39 is 23.0 Å². The second-order valence-corrected chi connectivity index (χ2v) is 11.5. The number of nitrogens with two attached hydrogens (primary N) is 1. The highest BCUT2D eigenvalue weighted by atomic mass is 19.1. The molecule has 0 spiro atoms. The van der Waals surface area contributed by atoms with Gasteiger partial charge in [-0.3, -0.25) is 24.7 Å². The number of piperazine rings is 1. The maximum Gasteiger partial charge on any atom is 0.323 e. The molecular weight excluding hydrogens is 565 g/mol. The summed E-state index contributed by atoms with van der Waals surface area (Å²) in [4.78, 5) is 50.8. The number of amides is 4. The molecule has 3 heterocycles. The van der Waals surface area contributed by atoms with Crippen LogP contribution in [0.4, 0.5) is 26.4 Å². The van der Waals surface area contributed by atoms with Gasteiger partial charge in [0.25, 0.3) is 0 Å². The van der Waals surface area contributed by atoms with Gasteiger partial charge in [0, 0.05) is 62.9 Å². The van der Waals surface area contributed by atoms with Gasteiger partial charge in [0.2, 0.25) is 11.8 Å². The third-order valence-corrected chi connectivity index (χ3v) is 8.56. The number of primary amides is 1. The van der Waals surface area contributed by atoms with E-state index in [1.54, 1.807) is 47.5 Å². The van der Waals surface area contributed by atoms with Crippen LogP contribution in [0, 0.1) is 11.2 Å². The van der Waals surface area contributed by atoms with Gasteiger partial charge in [-0.25, -0.2) is 14.2 Å². The number of aromatic nitrogens is 1. The summed E-state index contributed by atoms with van der Waals surface area (Å²) in [7, 11) is 0. The molecule has 44 heavy (non-hydrogen) atoms. The summed E-state index contributed by atoms with van der Waals surface area (Å²) in [6.07, 6.45) is 3.59. The number of carbonyl (C=O) groups excluding carboxylic acids is 3. The van der Waals surface area contributed by atoms with E-state index >= 15 is 0 Å². The van der Waals surface area contributed by atoms with Crippen LogP contribution in [0.5, 0.6) is 11.5 Å². The molecule has 0 radical (unpaired) electrons. The Morgan fingerprint density at radius 2 is 1.48 bits per heavy atom. The van der Waals surface area contributed by atoms with E-state index in [-0.39, 0.29) is 6.03 Å². The van der Waals surface area contributed by atoms with Crippen molar-refractivity contribution in [2.75, 3.05) is 62.6 Å². The van der Waals surface area contributed by atoms with Crippen LogP contribution in [0.2, 0.25) is 0 Å². The number of benzene rings is 2. The van der Waals surface area contributed by atoms with Crippen LogP contribution in [0.1, 0.15) is 19.3 Å². The molecule has 1 aromatic heterocycles. The van der Waals surface area contributed by atoms with Crippen molar-refractivity contribution in [3.63, 3.8) is 0 Å². The molecule has 0 atom stereocenters. The van der Waals surface area contributed by atoms with Gasteiger partial charge in [0.05, 0.1) is 0 Å². The number of nitrogens with one attached hydrogen (secondary N) is 1. The minimum Gasteiger partial charge on any atom is -0.457 e. The summed E-state index contributed by atoms with van der Waals surface area (Å²) in [6, 6.07) is 15.3. The lowest BCUT2D eigenvalue weighted by atomic mass is 10.0. The number of anilines is 3. The zero-order valence-electron chi connectivity index (χ0n) is 24.5. The van der Waals surface area contributed by atoms with E-state index in [0.29, 0.717) is 54.6 Å². The molecule has 3 aromatic rings. The number of halogens is 1. The quantitative estimate of drug-likeness (QED) is 0.339. The number of likely N-dealkylation sites (tertiary alicyclic amines) is 1. The Kier molecular flexibility index (Phi) is 8.45. The second kappa shape index (κ2) is 12.6. The first-order chi connectivity index (χ1) is 21.3. The molecule has 3 fully saturated rings. The van der Waals surface area contributed by atoms with Crippen LogP contribution >= 0.6 is 0 Å². The van der Waals surface area contributed by atoms with Crippen LogP contribution < -0.4 is 20.7 Å². The van der Waals surface area contributed by atoms with Crippen molar-refractivity contribution >= 4 is 35.0 Å². The summed E-state index contributed by atoms with van der Waals surface area (Å²) in [5.74, 6) is -0.240. The van der Waals surface area contributed by atoms with Gasteiger partial charge in [0.15, 0.2) is 0 Å². The molecule has 0 bridgehead atoms. The van der Waals surface area contributed by atoms with Crippen LogP contribution in [-0.2, 0) is 9.59 Å². The average molecular weight is 602 g/mol. The van der Waals surface area contributed by atoms with Gasteiger partial charge in [-0.15, -0.1) is 0 Å². The Morgan fingerprint density at radius 3 is 2.05 bits per heavy atom. The largest absolute Gasteiger partial charge is 0.457 e.